The van der Waals surface area contributed by atoms with Gasteiger partial charge in [-0.3, -0.25) is 9.11 Å². The second-order valence-electron chi connectivity index (χ2n) is 2.81. The molecule has 0 aromatic heterocycles. The number of hydrogen-bond acceptors (Lipinski definition) is 8. The summed E-state index contributed by atoms with van der Waals surface area (Å²) in [5.74, 6) is 0. The molecular weight excluding hydrogens is 482 g/mol. The molecule has 0 saturated carbocycles. The summed E-state index contributed by atoms with van der Waals surface area (Å²) >= 11 is 0. The van der Waals surface area contributed by atoms with E-state index < -0.39 is 41.4 Å². The van der Waals surface area contributed by atoms with Gasteiger partial charge in [0.05, 0.1) is 6.61 Å². The van der Waals surface area contributed by atoms with Crippen LogP contribution in [-0.4, -0.2) is 194 Å². The number of aldehydes is 1. The zero-order chi connectivity index (χ0) is 14.2. The van der Waals surface area contributed by atoms with Crippen molar-refractivity contribution in [1.82, 2.24) is 0 Å². The summed E-state index contributed by atoms with van der Waals surface area (Å²) in [5, 5.41) is 43.5. The van der Waals surface area contributed by atoms with Gasteiger partial charge in [0.25, 0.3) is 0 Å². The molecule has 0 rings (SSSR count). The minimum atomic E-state index is -4.67. The monoisotopic (exact) mass is 504 g/mol. The first-order valence-corrected chi connectivity index (χ1v) is 5.42. The van der Waals surface area contributed by atoms with Gasteiger partial charge < -0.3 is 30.3 Å². The van der Waals surface area contributed by atoms with Gasteiger partial charge in [-0.2, -0.15) is 8.42 Å². The fourth-order valence-electron chi connectivity index (χ4n) is 0.618. The molecule has 7 N–H and O–H groups in total. The molecule has 0 spiro atoms. The Hall–Kier alpha value is 4.00. The van der Waals surface area contributed by atoms with Crippen LogP contribution < -0.4 is 0 Å². The van der Waals surface area contributed by atoms with Crippen LogP contribution in [0.25, 0.3) is 0 Å². The van der Waals surface area contributed by atoms with Crippen LogP contribution in [-0.2, 0) is 15.2 Å². The molecule has 0 aromatic rings. The van der Waals surface area contributed by atoms with Crippen LogP contribution in [0.5, 0.6) is 0 Å². The zero-order valence-corrected chi connectivity index (χ0v) is 12.8. The van der Waals surface area contributed by atoms with Crippen LogP contribution in [0, 0.1) is 0 Å². The van der Waals surface area contributed by atoms with Crippen LogP contribution in [0.2, 0.25) is 0 Å². The Bertz CT molecular complexity index is 326. The van der Waals surface area contributed by atoms with E-state index in [4.69, 9.17) is 43.1 Å². The average molecular weight is 506 g/mol. The third kappa shape index (κ3) is 40.6. The first-order chi connectivity index (χ1) is 7.54. The van der Waals surface area contributed by atoms with E-state index in [1.54, 1.807) is 0 Å². The summed E-state index contributed by atoms with van der Waals surface area (Å²) in [6, 6.07) is 0. The van der Waals surface area contributed by atoms with Crippen molar-refractivity contribution >= 4 is 167 Å². The number of carbonyl (C=O) groups excluding carboxylic acids is 1. The Labute approximate surface area is 242 Å². The van der Waals surface area contributed by atoms with E-state index in [-0.39, 0.29) is 157 Å². The van der Waals surface area contributed by atoms with Crippen molar-refractivity contribution < 1.29 is 47.9 Å². The molecular formula is C6H24CaCl3Mg2NaO10S. The minimum absolute atomic E-state index is 0. The predicted molar refractivity (Wildman–Crippen MR) is 106 cm³/mol. The van der Waals surface area contributed by atoms with Crippen molar-refractivity contribution in [3.05, 3.63) is 0 Å². The predicted octanol–water partition coefficient (Wildman–Crippen LogP) is -6.16. The molecule has 0 radical (unpaired) electrons. The van der Waals surface area contributed by atoms with E-state index in [1.165, 1.54) is 0 Å². The van der Waals surface area contributed by atoms with Gasteiger partial charge in [0.1, 0.15) is 24.4 Å². The van der Waals surface area contributed by atoms with E-state index in [0.29, 0.717) is 0 Å². The average Bonchev–Trinajstić information content (AvgIpc) is 2.22. The summed E-state index contributed by atoms with van der Waals surface area (Å²) in [6.07, 6.45) is -6.84. The summed E-state index contributed by atoms with van der Waals surface area (Å²) in [4.78, 5) is 9.90. The number of aliphatic hydroxyl groups excluding tert-OH is 5. The molecule has 4 unspecified atom stereocenters. The van der Waals surface area contributed by atoms with Crippen molar-refractivity contribution in [2.75, 3.05) is 6.61 Å². The molecule has 10 nitrogen and oxygen atoms in total. The van der Waals surface area contributed by atoms with Gasteiger partial charge in [0, 0.05) is 0 Å². The molecule has 0 heterocycles. The molecule has 0 aliphatic rings. The molecule has 0 fully saturated rings. The van der Waals surface area contributed by atoms with Crippen LogP contribution in [0.3, 0.4) is 0 Å². The summed E-state index contributed by atoms with van der Waals surface area (Å²) in [6.45, 7) is -0.760. The van der Waals surface area contributed by atoms with E-state index >= 15 is 0 Å². The van der Waals surface area contributed by atoms with Gasteiger partial charge >= 0.3 is 124 Å². The van der Waals surface area contributed by atoms with E-state index in [2.05, 4.69) is 0 Å². The van der Waals surface area contributed by atoms with Crippen molar-refractivity contribution in [1.29, 1.82) is 0 Å². The Kier molecular flexibility index (Phi) is 74.7. The van der Waals surface area contributed by atoms with Crippen molar-refractivity contribution in [3.63, 3.8) is 0 Å². The quantitative estimate of drug-likeness (QED) is 0.107. The first kappa shape index (κ1) is 56.5. The molecule has 4 atom stereocenters. The van der Waals surface area contributed by atoms with Gasteiger partial charge in [0.2, 0.25) is 0 Å². The molecule has 24 heavy (non-hydrogen) atoms. The molecule has 0 aromatic carbocycles. The second kappa shape index (κ2) is 31.7. The Morgan fingerprint density at radius 2 is 1.12 bits per heavy atom. The van der Waals surface area contributed by atoms with Crippen LogP contribution >= 0.6 is 37.2 Å². The van der Waals surface area contributed by atoms with Gasteiger partial charge in [-0.05, 0) is 0 Å². The number of aliphatic hydroxyl groups is 5. The van der Waals surface area contributed by atoms with Gasteiger partial charge in [-0.1, -0.05) is 0 Å². The maximum absolute atomic E-state index is 9.90. The van der Waals surface area contributed by atoms with Crippen LogP contribution in [0.4, 0.5) is 0 Å². The Morgan fingerprint density at radius 3 is 1.29 bits per heavy atom. The topological polar surface area (TPSA) is 193 Å². The second-order valence-corrected chi connectivity index (χ2v) is 3.70. The standard InChI is InChI=1S/C6H12O6.Ca.3ClH.2Mg.Na.H2O4S.7H/c7-1-3(9)5(11)6(12)4(10)2-8;;;;;;;;1-5(2,3)4;;;;;;;/h1,3-6,8-12H,2H2;;3*1H;;;;(H2,1,2,3,4);;;;;;;. The summed E-state index contributed by atoms with van der Waals surface area (Å²) < 4.78 is 31.6. The van der Waals surface area contributed by atoms with Crippen molar-refractivity contribution in [3.8, 4) is 0 Å². The molecule has 0 amide bonds. The van der Waals surface area contributed by atoms with E-state index in [1.807, 2.05) is 0 Å². The number of rotatable bonds is 5. The summed E-state index contributed by atoms with van der Waals surface area (Å²) in [7, 11) is -4.67. The van der Waals surface area contributed by atoms with E-state index in [9.17, 15) is 4.79 Å². The maximum atomic E-state index is 9.90. The molecule has 0 bridgehead atoms. The SMILES string of the molecule is Cl.Cl.Cl.O=CC(O)C(O)C(O)C(O)CO.O=S(=O)(O)O.[CaH2].[MgH2].[MgH2].[NaH]. The third-order valence-corrected chi connectivity index (χ3v) is 1.42. The van der Waals surface area contributed by atoms with Crippen LogP contribution in [0.1, 0.15) is 0 Å². The third-order valence-electron chi connectivity index (χ3n) is 1.42. The van der Waals surface area contributed by atoms with Crippen LogP contribution in [0.15, 0.2) is 0 Å². The van der Waals surface area contributed by atoms with Crippen molar-refractivity contribution in [2.24, 2.45) is 0 Å². The van der Waals surface area contributed by atoms with E-state index in [0.717, 1.165) is 0 Å². The zero-order valence-electron chi connectivity index (χ0n) is 9.58. The Balaban J connectivity index is -0.0000000242. The fourth-order valence-corrected chi connectivity index (χ4v) is 0.618. The first-order valence-electron chi connectivity index (χ1n) is 4.02. The van der Waals surface area contributed by atoms with Gasteiger partial charge in [-0.25, -0.2) is 0 Å². The molecule has 0 saturated heterocycles. The number of halogens is 3. The fraction of sp³-hybridized carbons (Fsp3) is 0.833. The normalized spacial score (nSPS) is 13.0. The Morgan fingerprint density at radius 1 is 0.875 bits per heavy atom. The number of carbonyl (C=O) groups is 1. The number of hydrogen-bond donors (Lipinski definition) is 7. The molecule has 142 valence electrons. The molecule has 18 heteroatoms. The van der Waals surface area contributed by atoms with Crippen molar-refractivity contribution in [2.45, 2.75) is 24.4 Å². The van der Waals surface area contributed by atoms with Gasteiger partial charge in [-0.15, -0.1) is 37.2 Å². The molecule has 0 aliphatic carbocycles. The molecule has 0 aliphatic heterocycles. The summed E-state index contributed by atoms with van der Waals surface area (Å²) in [5.41, 5.74) is 0. The van der Waals surface area contributed by atoms with Gasteiger partial charge in [0.15, 0.2) is 6.29 Å².